The minimum Gasteiger partial charge on any atom is -0.312 e. The molecule has 114 valence electrons. The fourth-order valence-corrected chi connectivity index (χ4v) is 2.07. The minimum atomic E-state index is -4.87. The average molecular weight is 315 g/mol. The summed E-state index contributed by atoms with van der Waals surface area (Å²) in [5.74, 6) is 0. The maximum atomic E-state index is 12.9. The maximum Gasteiger partial charge on any atom is 0.416 e. The van der Waals surface area contributed by atoms with Crippen molar-refractivity contribution in [2.45, 2.75) is 6.18 Å². The van der Waals surface area contributed by atoms with Gasteiger partial charge in [0.05, 0.1) is 16.0 Å². The first-order valence-electron chi connectivity index (χ1n) is 5.59. The van der Waals surface area contributed by atoms with E-state index in [4.69, 9.17) is 0 Å². The molecule has 2 N–H and O–H groups in total. The number of fused-ring (bicyclic) bond motifs is 3. The van der Waals surface area contributed by atoms with E-state index in [1.54, 1.807) is 0 Å². The predicted molar refractivity (Wildman–Crippen MR) is 65.6 cm³/mol. The number of non-ortho nitro benzene ring substituents is 1. The summed E-state index contributed by atoms with van der Waals surface area (Å²) in [6.45, 7) is 0. The normalized spacial score (nSPS) is 12.1. The molecular weight excluding hydrogens is 311 g/mol. The summed E-state index contributed by atoms with van der Waals surface area (Å²) < 4.78 is 39.1. The molecule has 0 atom stereocenters. The van der Waals surface area contributed by atoms with Crippen molar-refractivity contribution in [1.82, 2.24) is 19.6 Å². The number of benzene rings is 1. The van der Waals surface area contributed by atoms with Crippen LogP contribution in [0.25, 0.3) is 16.7 Å². The Morgan fingerprint density at radius 3 is 2.55 bits per heavy atom. The van der Waals surface area contributed by atoms with E-state index >= 15 is 0 Å². The Hall–Kier alpha value is -3.18. The van der Waals surface area contributed by atoms with Crippen LogP contribution in [0.3, 0.4) is 0 Å². The monoisotopic (exact) mass is 315 g/mol. The molecule has 3 rings (SSSR count). The molecule has 22 heavy (non-hydrogen) atoms. The second-order valence-corrected chi connectivity index (χ2v) is 4.29. The van der Waals surface area contributed by atoms with Gasteiger partial charge in [-0.2, -0.15) is 13.2 Å². The number of hydrogen-bond acceptors (Lipinski definition) is 5. The molecule has 0 aliphatic heterocycles. The predicted octanol–water partition coefficient (Wildman–Crippen LogP) is 0.791. The van der Waals surface area contributed by atoms with Crippen molar-refractivity contribution < 1.29 is 18.1 Å². The Bertz CT molecular complexity index is 1040. The molecule has 0 saturated heterocycles. The van der Waals surface area contributed by atoms with Gasteiger partial charge in [-0.3, -0.25) is 14.9 Å². The Kier molecular flexibility index (Phi) is 2.61. The van der Waals surface area contributed by atoms with E-state index in [9.17, 15) is 32.9 Å². The van der Waals surface area contributed by atoms with Gasteiger partial charge in [0.1, 0.15) is 5.52 Å². The van der Waals surface area contributed by atoms with Crippen molar-refractivity contribution in [3.05, 3.63) is 48.6 Å². The summed E-state index contributed by atoms with van der Waals surface area (Å²) in [5.41, 5.74) is -5.71. The van der Waals surface area contributed by atoms with Gasteiger partial charge >= 0.3 is 11.9 Å². The Morgan fingerprint density at radius 2 is 1.95 bits per heavy atom. The summed E-state index contributed by atoms with van der Waals surface area (Å²) >= 11 is 0. The van der Waals surface area contributed by atoms with E-state index in [0.29, 0.717) is 10.5 Å². The number of nitrogens with zero attached hydrogens (tertiary/aromatic N) is 3. The molecule has 2 heterocycles. The van der Waals surface area contributed by atoms with Crippen molar-refractivity contribution in [2.24, 2.45) is 0 Å². The van der Waals surface area contributed by atoms with Crippen molar-refractivity contribution in [3.63, 3.8) is 0 Å². The lowest BCUT2D eigenvalue weighted by molar-refractivity contribution is -0.383. The van der Waals surface area contributed by atoms with Crippen LogP contribution in [0.4, 0.5) is 18.9 Å². The molecule has 2 aromatic heterocycles. The molecule has 3 aromatic rings. The third-order valence-electron chi connectivity index (χ3n) is 2.98. The summed E-state index contributed by atoms with van der Waals surface area (Å²) in [5, 5.41) is 16.2. The number of H-pyrrole nitrogens is 2. The van der Waals surface area contributed by atoms with E-state index in [1.165, 1.54) is 0 Å². The number of hydrogen-bond donors (Lipinski definition) is 2. The highest BCUT2D eigenvalue weighted by Gasteiger charge is 2.34. The molecule has 1 aromatic carbocycles. The van der Waals surface area contributed by atoms with Crippen LogP contribution >= 0.6 is 0 Å². The zero-order valence-electron chi connectivity index (χ0n) is 10.3. The van der Waals surface area contributed by atoms with Crippen molar-refractivity contribution in [2.75, 3.05) is 0 Å². The maximum absolute atomic E-state index is 12.9. The van der Waals surface area contributed by atoms with Gasteiger partial charge < -0.3 is 4.98 Å². The Labute approximate surface area is 116 Å². The van der Waals surface area contributed by atoms with Gasteiger partial charge in [0, 0.05) is 6.07 Å². The fourth-order valence-electron chi connectivity index (χ4n) is 2.07. The van der Waals surface area contributed by atoms with E-state index in [0.717, 1.165) is 0 Å². The highest BCUT2D eigenvalue weighted by atomic mass is 19.4. The lowest BCUT2D eigenvalue weighted by atomic mass is 10.1. The summed E-state index contributed by atoms with van der Waals surface area (Å²) in [4.78, 5) is 35.3. The first-order chi connectivity index (χ1) is 10.2. The molecule has 12 heteroatoms. The third-order valence-corrected chi connectivity index (χ3v) is 2.98. The van der Waals surface area contributed by atoms with Crippen LogP contribution < -0.4 is 11.2 Å². The molecule has 9 nitrogen and oxygen atoms in total. The first-order valence-corrected chi connectivity index (χ1v) is 5.59. The largest absolute Gasteiger partial charge is 0.416 e. The number of nitro groups is 1. The molecule has 0 unspecified atom stereocenters. The number of halogens is 3. The molecule has 0 aliphatic carbocycles. The number of aromatic nitrogens is 4. The van der Waals surface area contributed by atoms with Crippen molar-refractivity contribution in [3.8, 4) is 0 Å². The van der Waals surface area contributed by atoms with Crippen LogP contribution in [0.15, 0.2) is 21.7 Å². The van der Waals surface area contributed by atoms with Crippen LogP contribution in [0.1, 0.15) is 5.56 Å². The quantitative estimate of drug-likeness (QED) is 0.507. The zero-order valence-corrected chi connectivity index (χ0v) is 10.3. The highest BCUT2D eigenvalue weighted by Crippen LogP contribution is 2.34. The standard InChI is InChI=1S/C10H4F3N5O4/c11-10(12,13)3-1-4-6(5(2-3)18(21)22)14-8(19)7-15-16-9(20)17(4)7/h1-2H,(H,14,19)(H,16,20). The minimum absolute atomic E-state index is 0.287. The molecule has 0 radical (unpaired) electrons. The van der Waals surface area contributed by atoms with Crippen LogP contribution in [-0.2, 0) is 6.18 Å². The van der Waals surface area contributed by atoms with Gasteiger partial charge in [0.25, 0.3) is 11.2 Å². The SMILES string of the molecule is O=c1[nH]c2c([N+](=O)[O-])cc(C(F)(F)F)cc2n2c(=O)[nH]nc12. The lowest BCUT2D eigenvalue weighted by Gasteiger charge is -2.09. The van der Waals surface area contributed by atoms with E-state index < -0.39 is 50.3 Å². The number of nitro benzene ring substituents is 1. The van der Waals surface area contributed by atoms with Gasteiger partial charge in [0.2, 0.25) is 5.65 Å². The van der Waals surface area contributed by atoms with Crippen molar-refractivity contribution in [1.29, 1.82) is 0 Å². The zero-order chi connectivity index (χ0) is 16.2. The highest BCUT2D eigenvalue weighted by molar-refractivity contribution is 5.86. The van der Waals surface area contributed by atoms with Crippen LogP contribution in [0, 0.1) is 10.1 Å². The topological polar surface area (TPSA) is 126 Å². The number of nitrogens with one attached hydrogen (secondary N) is 2. The Balaban J connectivity index is 2.64. The summed E-state index contributed by atoms with van der Waals surface area (Å²) in [6, 6.07) is 0.817. The molecule has 0 aliphatic rings. The molecule has 0 spiro atoms. The van der Waals surface area contributed by atoms with Gasteiger partial charge in [-0.05, 0) is 6.07 Å². The summed E-state index contributed by atoms with van der Waals surface area (Å²) in [6.07, 6.45) is -4.87. The van der Waals surface area contributed by atoms with Gasteiger partial charge in [-0.15, -0.1) is 5.10 Å². The van der Waals surface area contributed by atoms with Crippen LogP contribution in [0.5, 0.6) is 0 Å². The van der Waals surface area contributed by atoms with Crippen molar-refractivity contribution >= 4 is 22.4 Å². The number of rotatable bonds is 1. The molecule has 0 fully saturated rings. The Morgan fingerprint density at radius 1 is 1.27 bits per heavy atom. The van der Waals surface area contributed by atoms with E-state index in [1.807, 2.05) is 5.10 Å². The smallest absolute Gasteiger partial charge is 0.312 e. The lowest BCUT2D eigenvalue weighted by Crippen LogP contribution is -2.18. The van der Waals surface area contributed by atoms with Gasteiger partial charge in [0.15, 0.2) is 0 Å². The van der Waals surface area contributed by atoms with E-state index in [-0.39, 0.29) is 6.07 Å². The average Bonchev–Trinajstić information content (AvgIpc) is 2.80. The molecular formula is C10H4F3N5O4. The number of aromatic amines is 2. The van der Waals surface area contributed by atoms with Gasteiger partial charge in [-0.1, -0.05) is 0 Å². The van der Waals surface area contributed by atoms with Crippen LogP contribution in [-0.4, -0.2) is 24.5 Å². The molecule has 0 bridgehead atoms. The molecule has 0 amide bonds. The third kappa shape index (κ3) is 1.84. The molecule has 0 saturated carbocycles. The second-order valence-electron chi connectivity index (χ2n) is 4.29. The number of alkyl halides is 3. The van der Waals surface area contributed by atoms with E-state index in [2.05, 4.69) is 10.1 Å². The summed E-state index contributed by atoms with van der Waals surface area (Å²) in [7, 11) is 0. The first kappa shape index (κ1) is 13.8. The second kappa shape index (κ2) is 4.16. The fraction of sp³-hybridized carbons (Fsp3) is 0.100. The van der Waals surface area contributed by atoms with Crippen LogP contribution in [0.2, 0.25) is 0 Å². The van der Waals surface area contributed by atoms with Gasteiger partial charge in [-0.25, -0.2) is 14.3 Å².